The zero-order chi connectivity index (χ0) is 15.0. The summed E-state index contributed by atoms with van der Waals surface area (Å²) in [7, 11) is 0. The number of aromatic nitrogens is 1. The smallest absolute Gasteiger partial charge is 0.270 e. The van der Waals surface area contributed by atoms with Crippen molar-refractivity contribution in [1.29, 1.82) is 0 Å². The largest absolute Gasteiger partial charge is 0.397 e. The summed E-state index contributed by atoms with van der Waals surface area (Å²) >= 11 is 0. The van der Waals surface area contributed by atoms with E-state index in [-0.39, 0.29) is 11.8 Å². The Bertz CT molecular complexity index is 554. The van der Waals surface area contributed by atoms with Crippen molar-refractivity contribution < 1.29 is 9.59 Å². The molecule has 4 N–H and O–H groups in total. The van der Waals surface area contributed by atoms with Crippen LogP contribution in [0.1, 0.15) is 48.6 Å². The number of nitrogens with two attached hydrogens (primary N) is 2. The highest BCUT2D eigenvalue weighted by Gasteiger charge is 2.31. The molecule has 6 heteroatoms. The van der Waals surface area contributed by atoms with Crippen molar-refractivity contribution in [2.45, 2.75) is 38.1 Å². The van der Waals surface area contributed by atoms with E-state index < -0.39 is 0 Å². The highest BCUT2D eigenvalue weighted by Crippen LogP contribution is 2.37. The van der Waals surface area contributed by atoms with Crippen LogP contribution in [0.4, 0.5) is 5.69 Å². The van der Waals surface area contributed by atoms with E-state index in [1.807, 2.05) is 15.7 Å². The van der Waals surface area contributed by atoms with Crippen molar-refractivity contribution >= 4 is 17.5 Å². The van der Waals surface area contributed by atoms with Crippen LogP contribution in [-0.2, 0) is 4.79 Å². The number of rotatable bonds is 4. The van der Waals surface area contributed by atoms with Crippen LogP contribution in [-0.4, -0.2) is 34.4 Å². The van der Waals surface area contributed by atoms with Gasteiger partial charge < -0.3 is 20.9 Å². The topological polar surface area (TPSA) is 94.3 Å². The number of carbonyl (C=O) groups is 2. The van der Waals surface area contributed by atoms with Gasteiger partial charge in [0.05, 0.1) is 5.69 Å². The molecule has 3 rings (SSSR count). The van der Waals surface area contributed by atoms with Crippen molar-refractivity contribution in [2.24, 2.45) is 11.7 Å². The Kier molecular flexibility index (Phi) is 3.61. The monoisotopic (exact) mass is 290 g/mol. The first kappa shape index (κ1) is 14.0. The van der Waals surface area contributed by atoms with Crippen molar-refractivity contribution in [1.82, 2.24) is 9.47 Å². The quantitative estimate of drug-likeness (QED) is 0.870. The third-order valence-corrected chi connectivity index (χ3v) is 4.42. The summed E-state index contributed by atoms with van der Waals surface area (Å²) in [5.74, 6) is 0.109. The molecule has 1 aliphatic heterocycles. The lowest BCUT2D eigenvalue weighted by molar-refractivity contribution is -0.119. The van der Waals surface area contributed by atoms with Crippen molar-refractivity contribution in [3.05, 3.63) is 18.0 Å². The fourth-order valence-corrected chi connectivity index (χ4v) is 3.11. The fraction of sp³-hybridized carbons (Fsp3) is 0.600. The molecule has 2 heterocycles. The Morgan fingerprint density at radius 1 is 1.19 bits per heavy atom. The summed E-state index contributed by atoms with van der Waals surface area (Å²) in [5.41, 5.74) is 12.4. The lowest BCUT2D eigenvalue weighted by Crippen LogP contribution is -2.40. The van der Waals surface area contributed by atoms with Crippen LogP contribution in [0.25, 0.3) is 0 Å². The van der Waals surface area contributed by atoms with Gasteiger partial charge in [-0.25, -0.2) is 0 Å². The summed E-state index contributed by atoms with van der Waals surface area (Å²) in [6, 6.07) is 2.21. The highest BCUT2D eigenvalue weighted by molar-refractivity contribution is 5.94. The number of primary amides is 1. The van der Waals surface area contributed by atoms with Crippen molar-refractivity contribution in [3.8, 4) is 0 Å². The van der Waals surface area contributed by atoms with E-state index in [4.69, 9.17) is 11.5 Å². The average Bonchev–Trinajstić information content (AvgIpc) is 3.21. The summed E-state index contributed by atoms with van der Waals surface area (Å²) in [6.07, 6.45) is 6.21. The first-order chi connectivity index (χ1) is 10.0. The molecule has 0 spiro atoms. The van der Waals surface area contributed by atoms with Gasteiger partial charge in [-0.2, -0.15) is 0 Å². The number of carbonyl (C=O) groups excluding carboxylic acids is 2. The molecule has 0 aromatic carbocycles. The summed E-state index contributed by atoms with van der Waals surface area (Å²) in [4.78, 5) is 25.5. The molecule has 6 nitrogen and oxygen atoms in total. The minimum absolute atomic E-state index is 0.0520. The molecule has 0 bridgehead atoms. The molecular weight excluding hydrogens is 268 g/mol. The summed E-state index contributed by atoms with van der Waals surface area (Å²) in [5, 5.41) is 0. The first-order valence-electron chi connectivity index (χ1n) is 7.59. The predicted octanol–water partition coefficient (Wildman–Crippen LogP) is 1.13. The lowest BCUT2D eigenvalue weighted by atomic mass is 9.93. The molecule has 0 unspecified atom stereocenters. The molecule has 0 atom stereocenters. The number of likely N-dealkylation sites (tertiary alicyclic amines) is 1. The third kappa shape index (κ3) is 3.04. The van der Waals surface area contributed by atoms with Gasteiger partial charge in [-0.1, -0.05) is 0 Å². The zero-order valence-corrected chi connectivity index (χ0v) is 12.1. The van der Waals surface area contributed by atoms with E-state index in [1.165, 1.54) is 0 Å². The van der Waals surface area contributed by atoms with Crippen LogP contribution < -0.4 is 11.5 Å². The van der Waals surface area contributed by atoms with Crippen LogP contribution in [0.3, 0.4) is 0 Å². The fourth-order valence-electron chi connectivity index (χ4n) is 3.11. The second-order valence-electron chi connectivity index (χ2n) is 6.20. The van der Waals surface area contributed by atoms with Gasteiger partial charge in [-0.15, -0.1) is 0 Å². The minimum atomic E-state index is -0.254. The van der Waals surface area contributed by atoms with Crippen LogP contribution >= 0.6 is 0 Å². The second-order valence-corrected chi connectivity index (χ2v) is 6.20. The molecule has 1 aliphatic carbocycles. The van der Waals surface area contributed by atoms with E-state index >= 15 is 0 Å². The van der Waals surface area contributed by atoms with Gasteiger partial charge in [0.2, 0.25) is 5.91 Å². The molecule has 1 aromatic heterocycles. The van der Waals surface area contributed by atoms with Gasteiger partial charge in [-0.3, -0.25) is 9.59 Å². The molecular formula is C15H22N4O2. The lowest BCUT2D eigenvalue weighted by Gasteiger charge is -2.31. The van der Waals surface area contributed by atoms with Gasteiger partial charge in [-0.05, 0) is 37.7 Å². The van der Waals surface area contributed by atoms with Gasteiger partial charge in [0.1, 0.15) is 5.69 Å². The van der Waals surface area contributed by atoms with E-state index in [1.54, 1.807) is 6.07 Å². The number of nitrogens with zero attached hydrogens (tertiary/aromatic N) is 2. The SMILES string of the molecule is NC(=O)CC1CCN(C(=O)c2cc(N)cn2C2CC2)CC1. The summed E-state index contributed by atoms with van der Waals surface area (Å²) in [6.45, 7) is 1.37. The average molecular weight is 290 g/mol. The maximum Gasteiger partial charge on any atom is 0.270 e. The Labute approximate surface area is 124 Å². The Hall–Kier alpha value is -1.98. The van der Waals surface area contributed by atoms with Crippen LogP contribution in [0.5, 0.6) is 0 Å². The molecule has 114 valence electrons. The normalized spacial score (nSPS) is 19.7. The minimum Gasteiger partial charge on any atom is -0.397 e. The molecule has 2 fully saturated rings. The standard InChI is InChI=1S/C15H22N4O2/c16-11-8-13(19(9-11)12-1-2-12)15(21)18-5-3-10(4-6-18)7-14(17)20/h8-10,12H,1-7,16H2,(H2,17,20). The number of hydrogen-bond donors (Lipinski definition) is 2. The molecule has 1 saturated heterocycles. The third-order valence-electron chi connectivity index (χ3n) is 4.42. The Morgan fingerprint density at radius 3 is 2.43 bits per heavy atom. The van der Waals surface area contributed by atoms with Crippen LogP contribution in [0.2, 0.25) is 0 Å². The molecule has 21 heavy (non-hydrogen) atoms. The van der Waals surface area contributed by atoms with Gasteiger partial charge in [0, 0.05) is 31.7 Å². The van der Waals surface area contributed by atoms with Gasteiger partial charge in [0.25, 0.3) is 5.91 Å². The Balaban J connectivity index is 1.65. The molecule has 2 amide bonds. The number of anilines is 1. The predicted molar refractivity (Wildman–Crippen MR) is 79.6 cm³/mol. The summed E-state index contributed by atoms with van der Waals surface area (Å²) < 4.78 is 2.02. The van der Waals surface area contributed by atoms with E-state index in [0.717, 1.165) is 25.7 Å². The highest BCUT2D eigenvalue weighted by atomic mass is 16.2. The molecule has 2 aliphatic rings. The maximum atomic E-state index is 12.7. The van der Waals surface area contributed by atoms with Crippen LogP contribution in [0.15, 0.2) is 12.3 Å². The number of piperidine rings is 1. The van der Waals surface area contributed by atoms with Gasteiger partial charge in [0.15, 0.2) is 0 Å². The van der Waals surface area contributed by atoms with E-state index in [0.29, 0.717) is 42.9 Å². The Morgan fingerprint density at radius 2 is 1.86 bits per heavy atom. The van der Waals surface area contributed by atoms with Crippen molar-refractivity contribution in [3.63, 3.8) is 0 Å². The number of amides is 2. The van der Waals surface area contributed by atoms with E-state index in [2.05, 4.69) is 0 Å². The van der Waals surface area contributed by atoms with E-state index in [9.17, 15) is 9.59 Å². The van der Waals surface area contributed by atoms with Crippen LogP contribution in [0, 0.1) is 5.92 Å². The van der Waals surface area contributed by atoms with Crippen molar-refractivity contribution in [2.75, 3.05) is 18.8 Å². The second kappa shape index (κ2) is 5.42. The molecule has 0 radical (unpaired) electrons. The maximum absolute atomic E-state index is 12.7. The number of nitrogen functional groups attached to an aromatic ring is 1. The molecule has 1 saturated carbocycles. The molecule has 1 aromatic rings. The zero-order valence-electron chi connectivity index (χ0n) is 12.1. The van der Waals surface area contributed by atoms with Gasteiger partial charge >= 0.3 is 0 Å². The first-order valence-corrected chi connectivity index (χ1v) is 7.59. The number of hydrogen-bond acceptors (Lipinski definition) is 3.